The summed E-state index contributed by atoms with van der Waals surface area (Å²) in [6, 6.07) is 0. The molecule has 0 aliphatic heterocycles. The highest BCUT2D eigenvalue weighted by atomic mass is 32.2. The van der Waals surface area contributed by atoms with Gasteiger partial charge in [-0.15, -0.1) is 0 Å². The zero-order chi connectivity index (χ0) is 12.8. The monoisotopic (exact) mass is 261 g/mol. The Morgan fingerprint density at radius 1 is 1.06 bits per heavy atom. The van der Waals surface area contributed by atoms with E-state index in [1.54, 1.807) is 6.92 Å². The van der Waals surface area contributed by atoms with Crippen molar-refractivity contribution < 1.29 is 21.6 Å². The van der Waals surface area contributed by atoms with Crippen LogP contribution in [0.5, 0.6) is 0 Å². The smallest absolute Gasteiger partial charge is 0.212 e. The van der Waals surface area contributed by atoms with Crippen molar-refractivity contribution in [3.05, 3.63) is 0 Å². The minimum absolute atomic E-state index is 0.151. The Kier molecular flexibility index (Phi) is 6.32. The zero-order valence-corrected chi connectivity index (χ0v) is 10.4. The molecule has 0 saturated carbocycles. The first-order chi connectivity index (χ1) is 7.23. The summed E-state index contributed by atoms with van der Waals surface area (Å²) < 4.78 is 60.0. The molecule has 0 aliphatic rings. The Labute approximate surface area is 94.7 Å². The number of halogens is 3. The molecule has 7 heteroatoms. The Hall–Kier alpha value is -0.300. The number of nitrogens with zero attached hydrogens (tertiary/aromatic N) is 1. The molecule has 3 nitrogen and oxygen atoms in total. The number of unbranched alkanes of at least 4 members (excludes halogenated alkanes) is 1. The predicted molar refractivity (Wildman–Crippen MR) is 56.6 cm³/mol. The second-order valence-electron chi connectivity index (χ2n) is 3.62. The molecule has 0 saturated heterocycles. The van der Waals surface area contributed by atoms with Crippen LogP contribution in [-0.4, -0.2) is 37.7 Å². The summed E-state index contributed by atoms with van der Waals surface area (Å²) in [5.74, 6) is -1.76. The van der Waals surface area contributed by atoms with Crippen molar-refractivity contribution in [1.82, 2.24) is 4.31 Å². The summed E-state index contributed by atoms with van der Waals surface area (Å²) >= 11 is 0. The summed E-state index contributed by atoms with van der Waals surface area (Å²) in [6.07, 6.45) is -2.82. The largest absolute Gasteiger partial charge is 0.404 e. The van der Waals surface area contributed by atoms with E-state index in [9.17, 15) is 21.6 Å². The van der Waals surface area contributed by atoms with Gasteiger partial charge in [0.2, 0.25) is 10.0 Å². The molecule has 0 fully saturated rings. The molecule has 0 aromatic carbocycles. The highest BCUT2D eigenvalue weighted by Crippen LogP contribution is 2.20. The van der Waals surface area contributed by atoms with Crippen molar-refractivity contribution in [2.45, 2.75) is 39.3 Å². The van der Waals surface area contributed by atoms with Gasteiger partial charge in [0.1, 0.15) is 0 Å². The van der Waals surface area contributed by atoms with Crippen molar-refractivity contribution >= 4 is 10.0 Å². The van der Waals surface area contributed by atoms with E-state index in [0.29, 0.717) is 12.8 Å². The summed E-state index contributed by atoms with van der Waals surface area (Å²) in [5, 5.41) is 0. The first-order valence-corrected chi connectivity index (χ1v) is 6.88. The van der Waals surface area contributed by atoms with Crippen molar-refractivity contribution in [2.75, 3.05) is 18.8 Å². The SMILES string of the molecule is CCCCN(CCC)S(=O)(=O)CC(F)(F)F. The Bertz CT molecular complexity index is 288. The number of alkyl halides is 3. The Morgan fingerprint density at radius 2 is 1.62 bits per heavy atom. The van der Waals surface area contributed by atoms with Crippen molar-refractivity contribution in [2.24, 2.45) is 0 Å². The van der Waals surface area contributed by atoms with Gasteiger partial charge in [-0.1, -0.05) is 20.3 Å². The fourth-order valence-electron chi connectivity index (χ4n) is 1.27. The first-order valence-electron chi connectivity index (χ1n) is 5.27. The third-order valence-electron chi connectivity index (χ3n) is 1.97. The van der Waals surface area contributed by atoms with Gasteiger partial charge in [0.15, 0.2) is 5.75 Å². The van der Waals surface area contributed by atoms with Gasteiger partial charge in [-0.05, 0) is 12.8 Å². The van der Waals surface area contributed by atoms with Crippen LogP contribution in [0.3, 0.4) is 0 Å². The maximum atomic E-state index is 12.1. The van der Waals surface area contributed by atoms with E-state index < -0.39 is 22.0 Å². The van der Waals surface area contributed by atoms with E-state index in [1.807, 2.05) is 6.92 Å². The van der Waals surface area contributed by atoms with Crippen molar-refractivity contribution in [3.63, 3.8) is 0 Å². The van der Waals surface area contributed by atoms with Crippen LogP contribution in [0.1, 0.15) is 33.1 Å². The van der Waals surface area contributed by atoms with E-state index in [0.717, 1.165) is 10.7 Å². The normalized spacial score (nSPS) is 13.4. The lowest BCUT2D eigenvalue weighted by Crippen LogP contribution is -2.38. The third-order valence-corrected chi connectivity index (χ3v) is 3.82. The minimum Gasteiger partial charge on any atom is -0.212 e. The molecule has 0 atom stereocenters. The molecule has 16 heavy (non-hydrogen) atoms. The number of hydrogen-bond acceptors (Lipinski definition) is 2. The lowest BCUT2D eigenvalue weighted by Gasteiger charge is -2.22. The van der Waals surface area contributed by atoms with Crippen LogP contribution < -0.4 is 0 Å². The van der Waals surface area contributed by atoms with Crippen molar-refractivity contribution in [1.29, 1.82) is 0 Å². The van der Waals surface area contributed by atoms with Gasteiger partial charge < -0.3 is 0 Å². The van der Waals surface area contributed by atoms with Gasteiger partial charge in [0, 0.05) is 13.1 Å². The standard InChI is InChI=1S/C9H18F3NO2S/c1-3-5-7-13(6-4-2)16(14,15)8-9(10,11)12/h3-8H2,1-2H3. The molecule has 0 unspecified atom stereocenters. The number of sulfonamides is 1. The second-order valence-corrected chi connectivity index (χ2v) is 5.59. The molecule has 0 rings (SSSR count). The fourth-order valence-corrected chi connectivity index (χ4v) is 2.74. The van der Waals surface area contributed by atoms with Crippen LogP contribution in [-0.2, 0) is 10.0 Å². The summed E-state index contributed by atoms with van der Waals surface area (Å²) in [7, 11) is -4.21. The van der Waals surface area contributed by atoms with Crippen LogP contribution in [0, 0.1) is 0 Å². The van der Waals surface area contributed by atoms with Crippen LogP contribution in [0.2, 0.25) is 0 Å². The molecular weight excluding hydrogens is 243 g/mol. The maximum Gasteiger partial charge on any atom is 0.404 e. The number of rotatable bonds is 7. The molecular formula is C9H18F3NO2S. The topological polar surface area (TPSA) is 37.4 Å². The zero-order valence-electron chi connectivity index (χ0n) is 9.55. The maximum absolute atomic E-state index is 12.1. The molecule has 0 aliphatic carbocycles. The van der Waals surface area contributed by atoms with Gasteiger partial charge in [0.05, 0.1) is 0 Å². The average molecular weight is 261 g/mol. The van der Waals surface area contributed by atoms with E-state index in [2.05, 4.69) is 0 Å². The minimum atomic E-state index is -4.67. The Balaban J connectivity index is 4.62. The quantitative estimate of drug-likeness (QED) is 0.705. The highest BCUT2D eigenvalue weighted by molar-refractivity contribution is 7.89. The van der Waals surface area contributed by atoms with E-state index in [4.69, 9.17) is 0 Å². The number of hydrogen-bond donors (Lipinski definition) is 0. The van der Waals surface area contributed by atoms with Crippen LogP contribution in [0.15, 0.2) is 0 Å². The van der Waals surface area contributed by atoms with Gasteiger partial charge in [-0.25, -0.2) is 12.7 Å². The lowest BCUT2D eigenvalue weighted by atomic mass is 10.3. The first kappa shape index (κ1) is 15.7. The Morgan fingerprint density at radius 3 is 2.00 bits per heavy atom. The molecule has 98 valence electrons. The molecule has 0 radical (unpaired) electrons. The van der Waals surface area contributed by atoms with Gasteiger partial charge in [0.25, 0.3) is 0 Å². The average Bonchev–Trinajstić information content (AvgIpc) is 2.07. The van der Waals surface area contributed by atoms with Gasteiger partial charge in [-0.2, -0.15) is 13.2 Å². The lowest BCUT2D eigenvalue weighted by molar-refractivity contribution is -0.107. The predicted octanol–water partition coefficient (Wildman–Crippen LogP) is 2.39. The van der Waals surface area contributed by atoms with Gasteiger partial charge in [-0.3, -0.25) is 0 Å². The fraction of sp³-hybridized carbons (Fsp3) is 1.00. The van der Waals surface area contributed by atoms with Crippen LogP contribution >= 0.6 is 0 Å². The molecule has 0 aromatic rings. The van der Waals surface area contributed by atoms with E-state index in [1.165, 1.54) is 0 Å². The molecule has 0 amide bonds. The molecule has 0 N–H and O–H groups in total. The van der Waals surface area contributed by atoms with E-state index in [-0.39, 0.29) is 13.1 Å². The highest BCUT2D eigenvalue weighted by Gasteiger charge is 2.37. The summed E-state index contributed by atoms with van der Waals surface area (Å²) in [6.45, 7) is 3.92. The molecule has 0 spiro atoms. The molecule has 0 bridgehead atoms. The third kappa shape index (κ3) is 6.32. The van der Waals surface area contributed by atoms with Gasteiger partial charge >= 0.3 is 6.18 Å². The van der Waals surface area contributed by atoms with Crippen LogP contribution in [0.4, 0.5) is 13.2 Å². The van der Waals surface area contributed by atoms with Crippen LogP contribution in [0.25, 0.3) is 0 Å². The van der Waals surface area contributed by atoms with E-state index >= 15 is 0 Å². The molecule has 0 aromatic heterocycles. The second kappa shape index (κ2) is 6.44. The summed E-state index contributed by atoms with van der Waals surface area (Å²) in [5.41, 5.74) is 0. The van der Waals surface area contributed by atoms with Crippen molar-refractivity contribution in [3.8, 4) is 0 Å². The molecule has 0 heterocycles. The summed E-state index contributed by atoms with van der Waals surface area (Å²) in [4.78, 5) is 0.